The second-order valence-electron chi connectivity index (χ2n) is 7.27. The van der Waals surface area contributed by atoms with Crippen molar-refractivity contribution in [2.75, 3.05) is 38.2 Å². The highest BCUT2D eigenvalue weighted by molar-refractivity contribution is 14.0. The minimum absolute atomic E-state index is 0. The molecule has 0 amide bonds. The van der Waals surface area contributed by atoms with Gasteiger partial charge in [-0.15, -0.1) is 24.0 Å². The lowest BCUT2D eigenvalue weighted by molar-refractivity contribution is 0.0529. The maximum atomic E-state index is 5.63. The second kappa shape index (κ2) is 12.0. The molecule has 2 aromatic rings. The van der Waals surface area contributed by atoms with Crippen LogP contribution in [0.4, 0.5) is 5.82 Å². The molecule has 1 aliphatic heterocycles. The average Bonchev–Trinajstić information content (AvgIpc) is 2.74. The number of guanidine groups is 1. The number of hydrogen-bond donors (Lipinski definition) is 2. The fourth-order valence-electron chi connectivity index (χ4n) is 3.33. The third kappa shape index (κ3) is 7.15. The molecule has 7 heteroatoms. The average molecular weight is 509 g/mol. The minimum Gasteiger partial charge on any atom is -0.375 e. The summed E-state index contributed by atoms with van der Waals surface area (Å²) in [6.07, 6.45) is 2.12. The molecule has 2 heterocycles. The number of aromatic nitrogens is 1. The zero-order valence-electron chi connectivity index (χ0n) is 17.5. The summed E-state index contributed by atoms with van der Waals surface area (Å²) in [5.41, 5.74) is 2.51. The van der Waals surface area contributed by atoms with Crippen molar-refractivity contribution in [3.05, 3.63) is 59.8 Å². The van der Waals surface area contributed by atoms with Gasteiger partial charge < -0.3 is 20.3 Å². The van der Waals surface area contributed by atoms with Gasteiger partial charge in [-0.25, -0.2) is 4.98 Å². The van der Waals surface area contributed by atoms with Gasteiger partial charge in [-0.1, -0.05) is 37.3 Å². The van der Waals surface area contributed by atoms with E-state index in [0.717, 1.165) is 38.0 Å². The Hall–Kier alpha value is -1.87. The summed E-state index contributed by atoms with van der Waals surface area (Å²) in [6, 6.07) is 14.7. The summed E-state index contributed by atoms with van der Waals surface area (Å²) in [4.78, 5) is 11.2. The highest BCUT2D eigenvalue weighted by Crippen LogP contribution is 2.16. The van der Waals surface area contributed by atoms with Crippen LogP contribution in [0.1, 0.15) is 30.9 Å². The summed E-state index contributed by atoms with van der Waals surface area (Å²) in [5, 5.41) is 6.82. The Morgan fingerprint density at radius 2 is 2.07 bits per heavy atom. The summed E-state index contributed by atoms with van der Waals surface area (Å²) in [7, 11) is 1.80. The van der Waals surface area contributed by atoms with Crippen LogP contribution in [0, 0.1) is 0 Å². The number of ether oxygens (including phenoxy) is 1. The molecule has 29 heavy (non-hydrogen) atoms. The van der Waals surface area contributed by atoms with Crippen LogP contribution in [-0.4, -0.2) is 50.3 Å². The highest BCUT2D eigenvalue weighted by Gasteiger charge is 2.18. The van der Waals surface area contributed by atoms with E-state index >= 15 is 0 Å². The van der Waals surface area contributed by atoms with Crippen LogP contribution < -0.4 is 15.5 Å². The number of benzene rings is 1. The van der Waals surface area contributed by atoms with Crippen LogP contribution in [0.3, 0.4) is 0 Å². The van der Waals surface area contributed by atoms with E-state index in [2.05, 4.69) is 69.7 Å². The monoisotopic (exact) mass is 509 g/mol. The van der Waals surface area contributed by atoms with E-state index in [9.17, 15) is 0 Å². The Morgan fingerprint density at radius 3 is 2.79 bits per heavy atom. The molecule has 1 aromatic heterocycles. The molecule has 1 saturated heterocycles. The van der Waals surface area contributed by atoms with E-state index in [-0.39, 0.29) is 30.1 Å². The largest absolute Gasteiger partial charge is 0.375 e. The van der Waals surface area contributed by atoms with Gasteiger partial charge in [0.05, 0.1) is 12.7 Å². The summed E-state index contributed by atoms with van der Waals surface area (Å²) in [5.74, 6) is 2.23. The lowest BCUT2D eigenvalue weighted by atomic mass is 10.0. The Morgan fingerprint density at radius 1 is 1.28 bits per heavy atom. The van der Waals surface area contributed by atoms with Crippen molar-refractivity contribution in [2.24, 2.45) is 4.99 Å². The molecule has 0 aliphatic carbocycles. The smallest absolute Gasteiger partial charge is 0.191 e. The molecule has 1 aliphatic rings. The van der Waals surface area contributed by atoms with Crippen LogP contribution in [0.5, 0.6) is 0 Å². The zero-order chi connectivity index (χ0) is 19.8. The van der Waals surface area contributed by atoms with Crippen molar-refractivity contribution in [2.45, 2.75) is 32.4 Å². The van der Waals surface area contributed by atoms with Crippen molar-refractivity contribution in [3.8, 4) is 0 Å². The molecule has 2 atom stereocenters. The molecule has 6 nitrogen and oxygen atoms in total. The summed E-state index contributed by atoms with van der Waals surface area (Å²) in [6.45, 7) is 8.37. The molecule has 0 spiro atoms. The SMILES string of the molecule is CN=C(NCc1ccnc(N2CCOC(C)C2)c1)NCC(C)c1ccccc1.I. The van der Waals surface area contributed by atoms with Gasteiger partial charge >= 0.3 is 0 Å². The van der Waals surface area contributed by atoms with Crippen LogP contribution in [-0.2, 0) is 11.3 Å². The van der Waals surface area contributed by atoms with Crippen molar-refractivity contribution < 1.29 is 4.74 Å². The highest BCUT2D eigenvalue weighted by atomic mass is 127. The predicted octanol–water partition coefficient (Wildman–Crippen LogP) is 3.39. The van der Waals surface area contributed by atoms with E-state index in [4.69, 9.17) is 4.74 Å². The number of nitrogens with one attached hydrogen (secondary N) is 2. The lowest BCUT2D eigenvalue weighted by Gasteiger charge is -2.32. The first-order chi connectivity index (χ1) is 13.7. The van der Waals surface area contributed by atoms with E-state index in [1.54, 1.807) is 7.05 Å². The van der Waals surface area contributed by atoms with E-state index < -0.39 is 0 Å². The van der Waals surface area contributed by atoms with Gasteiger partial charge in [0.15, 0.2) is 5.96 Å². The fraction of sp³-hybridized carbons (Fsp3) is 0.455. The normalized spacial score (nSPS) is 18.0. The van der Waals surface area contributed by atoms with E-state index in [0.29, 0.717) is 12.5 Å². The number of rotatable bonds is 6. The molecule has 2 N–H and O–H groups in total. The van der Waals surface area contributed by atoms with Gasteiger partial charge in [0.2, 0.25) is 0 Å². The number of halogens is 1. The van der Waals surface area contributed by atoms with Gasteiger partial charge in [-0.05, 0) is 36.1 Å². The van der Waals surface area contributed by atoms with Crippen LogP contribution in [0.25, 0.3) is 0 Å². The van der Waals surface area contributed by atoms with Gasteiger partial charge in [0, 0.05) is 39.4 Å². The lowest BCUT2D eigenvalue weighted by Crippen LogP contribution is -2.41. The predicted molar refractivity (Wildman–Crippen MR) is 130 cm³/mol. The summed E-state index contributed by atoms with van der Waals surface area (Å²) < 4.78 is 5.63. The van der Waals surface area contributed by atoms with E-state index in [1.807, 2.05) is 18.3 Å². The zero-order valence-corrected chi connectivity index (χ0v) is 19.8. The van der Waals surface area contributed by atoms with Gasteiger partial charge in [-0.2, -0.15) is 0 Å². The van der Waals surface area contributed by atoms with Gasteiger partial charge in [0.25, 0.3) is 0 Å². The van der Waals surface area contributed by atoms with Crippen molar-refractivity contribution in [1.82, 2.24) is 15.6 Å². The Kier molecular flexibility index (Phi) is 9.66. The quantitative estimate of drug-likeness (QED) is 0.355. The topological polar surface area (TPSA) is 61.8 Å². The number of nitrogens with zero attached hydrogens (tertiary/aromatic N) is 3. The number of morpholine rings is 1. The molecule has 0 radical (unpaired) electrons. The first-order valence-corrected chi connectivity index (χ1v) is 9.96. The Balaban J connectivity index is 0.00000300. The first-order valence-electron chi connectivity index (χ1n) is 9.96. The minimum atomic E-state index is 0. The van der Waals surface area contributed by atoms with Crippen LogP contribution in [0.15, 0.2) is 53.7 Å². The van der Waals surface area contributed by atoms with Crippen molar-refractivity contribution in [3.63, 3.8) is 0 Å². The number of anilines is 1. The number of aliphatic imine (C=N–C) groups is 1. The standard InChI is InChI=1S/C22H31N5O.HI/c1-17(20-7-5-4-6-8-20)14-25-22(23-3)26-15-19-9-10-24-21(13-19)27-11-12-28-18(2)16-27;/h4-10,13,17-18H,11-12,14-16H2,1-3H3,(H2,23,25,26);1H. The van der Waals surface area contributed by atoms with Crippen molar-refractivity contribution >= 4 is 35.8 Å². The third-order valence-corrected chi connectivity index (χ3v) is 5.00. The molecule has 0 saturated carbocycles. The molecule has 2 unspecified atom stereocenters. The number of hydrogen-bond acceptors (Lipinski definition) is 4. The molecule has 1 fully saturated rings. The second-order valence-corrected chi connectivity index (χ2v) is 7.27. The maximum absolute atomic E-state index is 5.63. The maximum Gasteiger partial charge on any atom is 0.191 e. The third-order valence-electron chi connectivity index (χ3n) is 5.00. The van der Waals surface area contributed by atoms with Crippen LogP contribution >= 0.6 is 24.0 Å². The molecule has 0 bridgehead atoms. The van der Waals surface area contributed by atoms with Crippen molar-refractivity contribution in [1.29, 1.82) is 0 Å². The van der Waals surface area contributed by atoms with E-state index in [1.165, 1.54) is 11.1 Å². The van der Waals surface area contributed by atoms with Gasteiger partial charge in [0.1, 0.15) is 5.82 Å². The molecule has 3 rings (SSSR count). The fourth-order valence-corrected chi connectivity index (χ4v) is 3.33. The molecular weight excluding hydrogens is 477 g/mol. The molecule has 158 valence electrons. The molecule has 1 aromatic carbocycles. The Bertz CT molecular complexity index is 771. The number of pyridine rings is 1. The van der Waals surface area contributed by atoms with Crippen LogP contribution in [0.2, 0.25) is 0 Å². The van der Waals surface area contributed by atoms with Gasteiger partial charge in [-0.3, -0.25) is 4.99 Å². The Labute approximate surface area is 191 Å². The first kappa shape index (κ1) is 23.4. The summed E-state index contributed by atoms with van der Waals surface area (Å²) >= 11 is 0. The molecular formula is C22H32IN5O.